The van der Waals surface area contributed by atoms with Gasteiger partial charge in [-0.25, -0.2) is 4.98 Å². The van der Waals surface area contributed by atoms with Gasteiger partial charge < -0.3 is 20.5 Å². The molecule has 33 heavy (non-hydrogen) atoms. The van der Waals surface area contributed by atoms with E-state index in [9.17, 15) is 14.4 Å². The fourth-order valence-electron chi connectivity index (χ4n) is 4.07. The Morgan fingerprint density at radius 2 is 1.88 bits per heavy atom. The summed E-state index contributed by atoms with van der Waals surface area (Å²) in [4.78, 5) is 46.6. The van der Waals surface area contributed by atoms with Crippen LogP contribution in [0.4, 0.5) is 5.69 Å². The second-order valence-electron chi connectivity index (χ2n) is 8.77. The summed E-state index contributed by atoms with van der Waals surface area (Å²) in [5.74, 6) is 0.530. The molecule has 0 bridgehead atoms. The van der Waals surface area contributed by atoms with Crippen LogP contribution in [0.3, 0.4) is 0 Å². The second-order valence-corrected chi connectivity index (χ2v) is 8.77. The van der Waals surface area contributed by atoms with E-state index in [1.54, 1.807) is 29.2 Å². The predicted molar refractivity (Wildman–Crippen MR) is 127 cm³/mol. The molecule has 172 valence electrons. The van der Waals surface area contributed by atoms with Crippen molar-refractivity contribution in [2.45, 2.75) is 39.2 Å². The van der Waals surface area contributed by atoms with Crippen molar-refractivity contribution in [2.75, 3.05) is 18.0 Å². The molecule has 0 unspecified atom stereocenters. The maximum Gasteiger partial charge on any atom is 0.251 e. The van der Waals surface area contributed by atoms with Crippen LogP contribution in [-0.4, -0.2) is 40.8 Å². The van der Waals surface area contributed by atoms with Crippen molar-refractivity contribution in [3.05, 3.63) is 59.9 Å². The van der Waals surface area contributed by atoms with Crippen molar-refractivity contribution in [3.8, 4) is 0 Å². The van der Waals surface area contributed by atoms with Crippen LogP contribution >= 0.6 is 0 Å². The number of para-hydroxylation sites is 2. The van der Waals surface area contributed by atoms with E-state index in [1.807, 2.05) is 24.3 Å². The number of nitrogens with one attached hydrogen (secondary N) is 3. The van der Waals surface area contributed by atoms with Gasteiger partial charge in [0.25, 0.3) is 5.91 Å². The fraction of sp³-hybridized carbons (Fsp3) is 0.360. The number of nitrogens with zero attached hydrogens (tertiary/aromatic N) is 2. The molecule has 1 saturated heterocycles. The monoisotopic (exact) mass is 447 g/mol. The Labute approximate surface area is 192 Å². The van der Waals surface area contributed by atoms with E-state index >= 15 is 0 Å². The zero-order valence-electron chi connectivity index (χ0n) is 18.9. The van der Waals surface area contributed by atoms with Crippen LogP contribution in [0.25, 0.3) is 11.0 Å². The van der Waals surface area contributed by atoms with E-state index in [-0.39, 0.29) is 30.3 Å². The maximum atomic E-state index is 12.6. The highest BCUT2D eigenvalue weighted by Crippen LogP contribution is 2.23. The first-order valence-corrected chi connectivity index (χ1v) is 11.3. The van der Waals surface area contributed by atoms with Crippen LogP contribution < -0.4 is 15.5 Å². The minimum atomic E-state index is -0.339. The lowest BCUT2D eigenvalue weighted by Crippen LogP contribution is -2.39. The number of aromatic amines is 1. The number of carbonyl (C=O) groups excluding carboxylic acids is 3. The van der Waals surface area contributed by atoms with Gasteiger partial charge >= 0.3 is 0 Å². The molecule has 1 aromatic heterocycles. The third-order valence-electron chi connectivity index (χ3n) is 5.70. The zero-order valence-corrected chi connectivity index (χ0v) is 18.9. The van der Waals surface area contributed by atoms with Crippen molar-refractivity contribution in [3.63, 3.8) is 0 Å². The summed E-state index contributed by atoms with van der Waals surface area (Å²) in [6.07, 6.45) is 2.13. The van der Waals surface area contributed by atoms with Gasteiger partial charge in [0.05, 0.1) is 23.6 Å². The molecule has 1 aliphatic rings. The third-order valence-corrected chi connectivity index (χ3v) is 5.70. The number of benzene rings is 2. The van der Waals surface area contributed by atoms with Gasteiger partial charge in [0.15, 0.2) is 0 Å². The zero-order chi connectivity index (χ0) is 23.4. The number of fused-ring (bicyclic) bond motifs is 1. The minimum Gasteiger partial charge on any atom is -0.345 e. The molecule has 0 spiro atoms. The van der Waals surface area contributed by atoms with Crippen LogP contribution in [-0.2, 0) is 9.59 Å². The first kappa shape index (κ1) is 22.5. The molecular formula is C25H29N5O3. The van der Waals surface area contributed by atoms with Gasteiger partial charge in [0.1, 0.15) is 5.82 Å². The molecule has 1 aliphatic heterocycles. The maximum absolute atomic E-state index is 12.6. The van der Waals surface area contributed by atoms with Gasteiger partial charge in [-0.15, -0.1) is 0 Å². The average molecular weight is 448 g/mol. The molecular weight excluding hydrogens is 418 g/mol. The summed E-state index contributed by atoms with van der Waals surface area (Å²) in [6.45, 7) is 4.74. The number of aromatic nitrogens is 2. The summed E-state index contributed by atoms with van der Waals surface area (Å²) in [5, 5.41) is 5.66. The van der Waals surface area contributed by atoms with Crippen LogP contribution in [0.15, 0.2) is 48.5 Å². The Bertz CT molecular complexity index is 1120. The molecule has 3 amide bonds. The van der Waals surface area contributed by atoms with Crippen LogP contribution in [0.5, 0.6) is 0 Å². The molecule has 1 fully saturated rings. The third kappa shape index (κ3) is 5.39. The summed E-state index contributed by atoms with van der Waals surface area (Å²) in [6, 6.07) is 14.3. The SMILES string of the molecule is CC(C)C[C@@H](NC(=O)CNC(=O)c1ccc(N2CCCC2=O)cc1)c1nc2ccccc2[nH]1. The van der Waals surface area contributed by atoms with E-state index in [4.69, 9.17) is 0 Å². The van der Waals surface area contributed by atoms with Crippen LogP contribution in [0, 0.1) is 5.92 Å². The largest absolute Gasteiger partial charge is 0.345 e. The number of rotatable bonds is 8. The van der Waals surface area contributed by atoms with E-state index in [0.29, 0.717) is 30.3 Å². The second kappa shape index (κ2) is 9.85. The van der Waals surface area contributed by atoms with Gasteiger partial charge in [-0.1, -0.05) is 26.0 Å². The van der Waals surface area contributed by atoms with Gasteiger partial charge in [-0.3, -0.25) is 14.4 Å². The standard InChI is InChI=1S/C25H29N5O3/c1-16(2)14-21(24-28-19-6-3-4-7-20(19)29-24)27-22(31)15-26-25(33)17-9-11-18(12-10-17)30-13-5-8-23(30)32/h3-4,6-7,9-12,16,21H,5,8,13-15H2,1-2H3,(H,26,33)(H,27,31)(H,28,29)/t21-/m1/s1. The summed E-state index contributed by atoms with van der Waals surface area (Å²) in [7, 11) is 0. The normalized spacial score (nSPS) is 14.6. The molecule has 0 aliphatic carbocycles. The highest BCUT2D eigenvalue weighted by molar-refractivity contribution is 5.98. The smallest absolute Gasteiger partial charge is 0.251 e. The van der Waals surface area contributed by atoms with Crippen molar-refractivity contribution in [1.82, 2.24) is 20.6 Å². The topological polar surface area (TPSA) is 107 Å². The van der Waals surface area contributed by atoms with Crippen molar-refractivity contribution in [1.29, 1.82) is 0 Å². The van der Waals surface area contributed by atoms with E-state index < -0.39 is 0 Å². The Balaban J connectivity index is 1.35. The quantitative estimate of drug-likeness (QED) is 0.492. The molecule has 3 N–H and O–H groups in total. The predicted octanol–water partition coefficient (Wildman–Crippen LogP) is 3.32. The lowest BCUT2D eigenvalue weighted by molar-refractivity contribution is -0.121. The van der Waals surface area contributed by atoms with Gasteiger partial charge in [-0.05, 0) is 55.2 Å². The van der Waals surface area contributed by atoms with E-state index in [0.717, 1.165) is 29.6 Å². The number of amides is 3. The van der Waals surface area contributed by atoms with E-state index in [1.165, 1.54) is 0 Å². The molecule has 2 heterocycles. The summed E-state index contributed by atoms with van der Waals surface area (Å²) in [5.41, 5.74) is 2.99. The number of hydrogen-bond donors (Lipinski definition) is 3. The van der Waals surface area contributed by atoms with E-state index in [2.05, 4.69) is 34.4 Å². The van der Waals surface area contributed by atoms with Gasteiger partial charge in [0, 0.05) is 24.2 Å². The summed E-state index contributed by atoms with van der Waals surface area (Å²) < 4.78 is 0. The van der Waals surface area contributed by atoms with Crippen LogP contribution in [0.1, 0.15) is 55.3 Å². The Hall–Kier alpha value is -3.68. The highest BCUT2D eigenvalue weighted by Gasteiger charge is 2.22. The number of H-pyrrole nitrogens is 1. The lowest BCUT2D eigenvalue weighted by atomic mass is 10.0. The van der Waals surface area contributed by atoms with Crippen molar-refractivity contribution < 1.29 is 14.4 Å². The first-order valence-electron chi connectivity index (χ1n) is 11.3. The highest BCUT2D eigenvalue weighted by atomic mass is 16.2. The molecule has 3 aromatic rings. The van der Waals surface area contributed by atoms with Crippen LogP contribution in [0.2, 0.25) is 0 Å². The Morgan fingerprint density at radius 1 is 1.12 bits per heavy atom. The molecule has 8 nitrogen and oxygen atoms in total. The molecule has 0 radical (unpaired) electrons. The lowest BCUT2D eigenvalue weighted by Gasteiger charge is -2.19. The number of imidazole rings is 1. The van der Waals surface area contributed by atoms with Gasteiger partial charge in [0.2, 0.25) is 11.8 Å². The molecule has 0 saturated carbocycles. The minimum absolute atomic E-state index is 0.101. The molecule has 1 atom stereocenters. The van der Waals surface area contributed by atoms with Gasteiger partial charge in [-0.2, -0.15) is 0 Å². The molecule has 8 heteroatoms. The number of carbonyl (C=O) groups is 3. The Morgan fingerprint density at radius 3 is 2.55 bits per heavy atom. The summed E-state index contributed by atoms with van der Waals surface area (Å²) >= 11 is 0. The molecule has 2 aromatic carbocycles. The average Bonchev–Trinajstić information content (AvgIpc) is 3.43. The molecule has 4 rings (SSSR count). The first-order chi connectivity index (χ1) is 15.9. The van der Waals surface area contributed by atoms with Crippen molar-refractivity contribution in [2.24, 2.45) is 5.92 Å². The number of hydrogen-bond acceptors (Lipinski definition) is 4. The van der Waals surface area contributed by atoms with Crippen molar-refractivity contribution >= 4 is 34.4 Å². The number of anilines is 1. The Kier molecular flexibility index (Phi) is 6.72. The fourth-order valence-corrected chi connectivity index (χ4v) is 4.07.